The molecule has 4 heteroatoms. The van der Waals surface area contributed by atoms with E-state index >= 15 is 0 Å². The van der Waals surface area contributed by atoms with Crippen LogP contribution in [0.2, 0.25) is 0 Å². The van der Waals surface area contributed by atoms with Crippen molar-refractivity contribution in [1.82, 2.24) is 4.90 Å². The molecule has 1 atom stereocenters. The van der Waals surface area contributed by atoms with Gasteiger partial charge in [0, 0.05) is 23.7 Å². The van der Waals surface area contributed by atoms with Crippen molar-refractivity contribution in [2.45, 2.75) is 24.2 Å². The summed E-state index contributed by atoms with van der Waals surface area (Å²) < 4.78 is 25.6. The Morgan fingerprint density at radius 3 is 1.97 bits per heavy atom. The number of benzene rings is 3. The highest BCUT2D eigenvalue weighted by atomic mass is 32.2. The topological polar surface area (TPSA) is 20.3 Å². The van der Waals surface area contributed by atoms with Crippen molar-refractivity contribution < 1.29 is 8.60 Å². The van der Waals surface area contributed by atoms with E-state index in [1.807, 2.05) is 0 Å². The first-order chi connectivity index (χ1) is 16.2. The van der Waals surface area contributed by atoms with E-state index in [1.54, 1.807) is 12.1 Å². The van der Waals surface area contributed by atoms with Crippen LogP contribution in [-0.4, -0.2) is 34.5 Å². The quantitative estimate of drug-likeness (QED) is 0.345. The zero-order valence-electron chi connectivity index (χ0n) is 18.7. The molecule has 1 saturated heterocycles. The van der Waals surface area contributed by atoms with Crippen LogP contribution in [0.15, 0.2) is 83.3 Å². The summed E-state index contributed by atoms with van der Waals surface area (Å²) >= 11 is 0. The Balaban J connectivity index is 1.27. The van der Waals surface area contributed by atoms with E-state index in [1.165, 1.54) is 45.5 Å². The van der Waals surface area contributed by atoms with Gasteiger partial charge in [-0.15, -0.1) is 0 Å². The molecule has 0 aromatic heterocycles. The molecule has 168 valence electrons. The first-order valence-electron chi connectivity index (χ1n) is 11.6. The maximum atomic E-state index is 13.1. The average molecular weight is 458 g/mol. The van der Waals surface area contributed by atoms with E-state index in [-0.39, 0.29) is 5.82 Å². The number of halogens is 1. The Labute approximate surface area is 197 Å². The van der Waals surface area contributed by atoms with E-state index < -0.39 is 10.8 Å². The zero-order valence-corrected chi connectivity index (χ0v) is 19.5. The highest BCUT2D eigenvalue weighted by Crippen LogP contribution is 2.38. The third kappa shape index (κ3) is 4.92. The van der Waals surface area contributed by atoms with Gasteiger partial charge in [-0.2, -0.15) is 0 Å². The summed E-state index contributed by atoms with van der Waals surface area (Å²) in [5.74, 6) is 0.325. The molecule has 0 saturated carbocycles. The Kier molecular flexibility index (Phi) is 6.65. The Bertz CT molecular complexity index is 1170. The van der Waals surface area contributed by atoms with Gasteiger partial charge in [-0.05, 0) is 77.9 Å². The van der Waals surface area contributed by atoms with Crippen LogP contribution in [0.5, 0.6) is 0 Å². The third-order valence-electron chi connectivity index (χ3n) is 6.60. The molecule has 2 aliphatic rings. The Hall–Kier alpha value is -2.82. The van der Waals surface area contributed by atoms with Crippen LogP contribution in [0.4, 0.5) is 4.39 Å². The summed E-state index contributed by atoms with van der Waals surface area (Å²) in [6, 6.07) is 23.4. The fourth-order valence-corrected chi connectivity index (χ4v) is 5.93. The highest BCUT2D eigenvalue weighted by molar-refractivity contribution is 7.85. The fraction of sp³-hybridized carbons (Fsp3) is 0.241. The third-order valence-corrected chi connectivity index (χ3v) is 8.05. The average Bonchev–Trinajstić information content (AvgIpc) is 3.02. The number of nitrogens with zero attached hydrogens (tertiary/aromatic N) is 1. The summed E-state index contributed by atoms with van der Waals surface area (Å²) in [6.45, 7) is 3.00. The van der Waals surface area contributed by atoms with Crippen molar-refractivity contribution in [3.05, 3.63) is 106 Å². The summed E-state index contributed by atoms with van der Waals surface area (Å²) in [4.78, 5) is 3.19. The molecule has 1 heterocycles. The van der Waals surface area contributed by atoms with Gasteiger partial charge in [-0.1, -0.05) is 66.3 Å². The number of piperidine rings is 1. The maximum Gasteiger partial charge on any atom is 0.123 e. The monoisotopic (exact) mass is 457 g/mol. The van der Waals surface area contributed by atoms with Crippen molar-refractivity contribution in [1.29, 1.82) is 0 Å². The van der Waals surface area contributed by atoms with Gasteiger partial charge in [0.15, 0.2) is 0 Å². The number of rotatable bonds is 5. The smallest absolute Gasteiger partial charge is 0.123 e. The minimum atomic E-state index is -1.07. The van der Waals surface area contributed by atoms with Gasteiger partial charge in [0.25, 0.3) is 0 Å². The second kappa shape index (κ2) is 9.98. The van der Waals surface area contributed by atoms with Gasteiger partial charge < -0.3 is 4.90 Å². The van der Waals surface area contributed by atoms with Gasteiger partial charge in [-0.3, -0.25) is 4.21 Å². The normalized spacial score (nSPS) is 16.8. The van der Waals surface area contributed by atoms with Crippen molar-refractivity contribution in [3.8, 4) is 0 Å². The van der Waals surface area contributed by atoms with Crippen LogP contribution in [0.1, 0.15) is 41.5 Å². The molecule has 33 heavy (non-hydrogen) atoms. The van der Waals surface area contributed by atoms with Gasteiger partial charge in [0.05, 0.1) is 10.8 Å². The number of hydrogen-bond acceptors (Lipinski definition) is 2. The first-order valence-corrected chi connectivity index (χ1v) is 13.0. The van der Waals surface area contributed by atoms with Crippen molar-refractivity contribution in [2.24, 2.45) is 0 Å². The molecular weight excluding hydrogens is 429 g/mol. The zero-order chi connectivity index (χ0) is 22.6. The van der Waals surface area contributed by atoms with E-state index in [9.17, 15) is 8.60 Å². The molecule has 0 bridgehead atoms. The SMILES string of the molecule is O=S(CCCN1CCC(=C2c3ccccc3C=Cc3ccccc32)CC1)c1ccc(F)cc1. The molecule has 0 amide bonds. The summed E-state index contributed by atoms with van der Waals surface area (Å²) in [5.41, 5.74) is 8.16. The van der Waals surface area contributed by atoms with Crippen LogP contribution in [0, 0.1) is 5.82 Å². The molecule has 1 aliphatic heterocycles. The number of likely N-dealkylation sites (tertiary alicyclic amines) is 1. The Morgan fingerprint density at radius 1 is 0.788 bits per heavy atom. The molecule has 3 aromatic rings. The van der Waals surface area contributed by atoms with Crippen LogP contribution in [-0.2, 0) is 10.8 Å². The first kappa shape index (κ1) is 22.0. The molecule has 1 aliphatic carbocycles. The minimum absolute atomic E-state index is 0.288. The summed E-state index contributed by atoms with van der Waals surface area (Å²) in [6.07, 6.45) is 7.46. The van der Waals surface area contributed by atoms with Crippen molar-refractivity contribution in [2.75, 3.05) is 25.4 Å². The highest BCUT2D eigenvalue weighted by Gasteiger charge is 2.22. The van der Waals surface area contributed by atoms with Gasteiger partial charge in [0.1, 0.15) is 5.82 Å². The lowest BCUT2D eigenvalue weighted by Crippen LogP contribution is -2.32. The molecular formula is C29H28FNOS. The molecule has 5 rings (SSSR count). The van der Waals surface area contributed by atoms with E-state index in [0.29, 0.717) is 10.6 Å². The second-order valence-corrected chi connectivity index (χ2v) is 10.3. The molecule has 0 spiro atoms. The molecule has 1 fully saturated rings. The minimum Gasteiger partial charge on any atom is -0.303 e. The van der Waals surface area contributed by atoms with E-state index in [4.69, 9.17) is 0 Å². The maximum absolute atomic E-state index is 13.1. The lowest BCUT2D eigenvalue weighted by atomic mass is 9.86. The summed E-state index contributed by atoms with van der Waals surface area (Å²) in [5, 5.41) is 0. The van der Waals surface area contributed by atoms with Gasteiger partial charge in [0.2, 0.25) is 0 Å². The largest absolute Gasteiger partial charge is 0.303 e. The molecule has 2 nitrogen and oxygen atoms in total. The molecule has 3 aromatic carbocycles. The lowest BCUT2D eigenvalue weighted by molar-refractivity contribution is 0.258. The number of fused-ring (bicyclic) bond motifs is 2. The van der Waals surface area contributed by atoms with Crippen LogP contribution < -0.4 is 0 Å². The lowest BCUT2D eigenvalue weighted by Gasteiger charge is -2.30. The second-order valence-electron chi connectivity index (χ2n) is 8.69. The molecule has 0 N–H and O–H groups in total. The predicted molar refractivity (Wildman–Crippen MR) is 136 cm³/mol. The van der Waals surface area contributed by atoms with Gasteiger partial charge in [-0.25, -0.2) is 4.39 Å². The standard InChI is InChI=1S/C29H28FNOS/c30-25-12-14-26(15-13-25)33(32)21-5-18-31-19-16-24(17-20-31)29-27-8-3-1-6-22(27)10-11-23-7-2-4-9-28(23)29/h1-4,6-15H,5,16-21H2. The van der Waals surface area contributed by atoms with E-state index in [0.717, 1.165) is 38.9 Å². The molecule has 0 radical (unpaired) electrons. The van der Waals surface area contributed by atoms with Crippen molar-refractivity contribution >= 4 is 28.5 Å². The van der Waals surface area contributed by atoms with Gasteiger partial charge >= 0.3 is 0 Å². The van der Waals surface area contributed by atoms with Crippen LogP contribution in [0.25, 0.3) is 17.7 Å². The van der Waals surface area contributed by atoms with Crippen LogP contribution in [0.3, 0.4) is 0 Å². The Morgan fingerprint density at radius 2 is 1.36 bits per heavy atom. The fourth-order valence-electron chi connectivity index (χ4n) is 4.87. The predicted octanol–water partition coefficient (Wildman–Crippen LogP) is 6.41. The van der Waals surface area contributed by atoms with Crippen molar-refractivity contribution in [3.63, 3.8) is 0 Å². The van der Waals surface area contributed by atoms with Crippen LogP contribution >= 0.6 is 0 Å². The molecule has 1 unspecified atom stereocenters. The van der Waals surface area contributed by atoms with E-state index in [2.05, 4.69) is 65.6 Å². The number of hydrogen-bond donors (Lipinski definition) is 0. The summed E-state index contributed by atoms with van der Waals surface area (Å²) in [7, 11) is -1.07.